The third kappa shape index (κ3) is 6.96. The van der Waals surface area contributed by atoms with Crippen LogP contribution in [0, 0.1) is 0 Å². The Hall–Kier alpha value is -5.12. The minimum Gasteiger partial charge on any atom is -0.354 e. The summed E-state index contributed by atoms with van der Waals surface area (Å²) in [5.41, 5.74) is 17.3. The molecule has 0 unspecified atom stereocenters. The van der Waals surface area contributed by atoms with Crippen molar-refractivity contribution in [3.8, 4) is 0 Å². The Morgan fingerprint density at radius 1 is 0.286 bits per heavy atom. The Labute approximate surface area is 347 Å². The summed E-state index contributed by atoms with van der Waals surface area (Å²) >= 11 is 18.6. The van der Waals surface area contributed by atoms with E-state index < -0.39 is 0 Å². The van der Waals surface area contributed by atoms with E-state index in [0.717, 1.165) is 111 Å². The number of nitrogens with one attached hydrogen (secondary N) is 4. The molecular weight excluding hydrogens is 761 g/mol. The van der Waals surface area contributed by atoms with Crippen molar-refractivity contribution in [2.24, 2.45) is 0 Å². The van der Waals surface area contributed by atoms with E-state index in [4.69, 9.17) is 0 Å². The number of aromatic nitrogens is 4. The highest BCUT2D eigenvalue weighted by Crippen LogP contribution is 2.29. The fraction of sp³-hybridized carbons (Fsp3) is 0.0833. The first kappa shape index (κ1) is 36.5. The molecule has 56 heavy (non-hydrogen) atoms. The van der Waals surface area contributed by atoms with Gasteiger partial charge in [0.1, 0.15) is 0 Å². The molecule has 8 bridgehead atoms. The Morgan fingerprint density at radius 2 is 0.536 bits per heavy atom. The summed E-state index contributed by atoms with van der Waals surface area (Å²) in [6.07, 6.45) is 0. The number of hydrogen-bond donors (Lipinski definition) is 8. The molecule has 5 heterocycles. The molecule has 0 aliphatic carbocycles. The van der Waals surface area contributed by atoms with Gasteiger partial charge in [0.05, 0.1) is 0 Å². The van der Waals surface area contributed by atoms with Crippen molar-refractivity contribution < 1.29 is 0 Å². The minimum atomic E-state index is 0.647. The van der Waals surface area contributed by atoms with E-state index in [2.05, 4.69) is 216 Å². The number of fused-ring (bicyclic) bond motifs is 8. The summed E-state index contributed by atoms with van der Waals surface area (Å²) in [6, 6.07) is 52.2. The van der Waals surface area contributed by atoms with Gasteiger partial charge in [0.15, 0.2) is 0 Å². The second-order valence-corrected chi connectivity index (χ2v) is 15.3. The summed E-state index contributed by atoms with van der Waals surface area (Å²) in [5, 5.41) is 4.01. The molecule has 8 heteroatoms. The smallest absolute Gasteiger partial charge is 0.0485 e. The van der Waals surface area contributed by atoms with E-state index in [-0.39, 0.29) is 0 Å². The van der Waals surface area contributed by atoms with Gasteiger partial charge in [0.2, 0.25) is 0 Å². The Bertz CT molecular complexity index is 2600. The Morgan fingerprint density at radius 3 is 0.768 bits per heavy atom. The van der Waals surface area contributed by atoms with Crippen LogP contribution in [0.1, 0.15) is 67.3 Å². The van der Waals surface area contributed by atoms with Gasteiger partial charge in [-0.15, -0.1) is 0 Å². The van der Waals surface area contributed by atoms with Gasteiger partial charge in [-0.1, -0.05) is 97.1 Å². The van der Waals surface area contributed by atoms with E-state index in [1.165, 1.54) is 0 Å². The standard InChI is InChI=1S/C48H40N4S4/c53-25-29-5-1-9-33(21-29)45-37-13-15-39(49-37)46(34-10-2-6-30(22-34)26-54)41-17-19-43(51-41)48(36-12-4-8-32(24-36)28-56)44-20-18-42(52-44)47(40-16-14-38(45)50-40)35-11-3-7-31(23-35)27-55/h1-24,49-56H,25-28H2. The van der Waals surface area contributed by atoms with E-state index in [1.54, 1.807) is 0 Å². The van der Waals surface area contributed by atoms with Crippen LogP contribution in [0.25, 0.3) is 22.3 Å². The lowest BCUT2D eigenvalue weighted by Gasteiger charge is -2.11. The third-order valence-corrected chi connectivity index (χ3v) is 12.0. The first-order valence-electron chi connectivity index (χ1n) is 18.6. The summed E-state index contributed by atoms with van der Waals surface area (Å²) in [7, 11) is 0. The van der Waals surface area contributed by atoms with Crippen LogP contribution in [0.4, 0.5) is 0 Å². The molecule has 9 rings (SSSR count). The summed E-state index contributed by atoms with van der Waals surface area (Å²) < 4.78 is 0. The van der Waals surface area contributed by atoms with Crippen LogP contribution < -0.4 is 21.4 Å². The molecule has 0 atom stereocenters. The van der Waals surface area contributed by atoms with Gasteiger partial charge in [-0.3, -0.25) is 0 Å². The van der Waals surface area contributed by atoms with E-state index in [0.29, 0.717) is 23.0 Å². The molecule has 0 saturated carbocycles. The first-order chi connectivity index (χ1) is 27.5. The van der Waals surface area contributed by atoms with Gasteiger partial charge in [-0.05, 0) is 93.0 Å². The summed E-state index contributed by atoms with van der Waals surface area (Å²) in [6.45, 7) is 0. The van der Waals surface area contributed by atoms with Crippen molar-refractivity contribution in [1.29, 1.82) is 0 Å². The summed E-state index contributed by atoms with van der Waals surface area (Å²) in [5.74, 6) is 2.59. The molecule has 1 aliphatic heterocycles. The Kier molecular flexibility index (Phi) is 10.3. The number of rotatable bonds is 8. The molecule has 0 saturated heterocycles. The number of hydrogen-bond acceptors (Lipinski definition) is 4. The van der Waals surface area contributed by atoms with Crippen LogP contribution in [0.3, 0.4) is 0 Å². The van der Waals surface area contributed by atoms with Crippen molar-refractivity contribution in [3.05, 3.63) is 234 Å². The molecule has 4 N–H and O–H groups in total. The van der Waals surface area contributed by atoms with Gasteiger partial charge in [0.25, 0.3) is 0 Å². The van der Waals surface area contributed by atoms with Crippen molar-refractivity contribution in [2.75, 3.05) is 0 Å². The van der Waals surface area contributed by atoms with E-state index >= 15 is 0 Å². The van der Waals surface area contributed by atoms with Gasteiger partial charge < -0.3 is 19.9 Å². The van der Waals surface area contributed by atoms with Gasteiger partial charge in [0, 0.05) is 89.5 Å². The SMILES string of the molecule is SCc1cccc(C2=c3ccc([nH]3)=C(c3cccc(CS)c3)c3ccc([nH]3)C(c3cccc(CS)c3)=c3ccc([nH]3)=C(c3cccc(CS)c3)c3ccc2[nH]3)c1. The van der Waals surface area contributed by atoms with Gasteiger partial charge in [-0.2, -0.15) is 50.5 Å². The monoisotopic (exact) mass is 800 g/mol. The summed E-state index contributed by atoms with van der Waals surface area (Å²) in [4.78, 5) is 15.6. The molecule has 4 nitrogen and oxygen atoms in total. The molecule has 8 aromatic rings. The fourth-order valence-corrected chi connectivity index (χ4v) is 8.66. The normalized spacial score (nSPS) is 12.8. The van der Waals surface area contributed by atoms with Crippen LogP contribution in [-0.4, -0.2) is 19.9 Å². The van der Waals surface area contributed by atoms with Crippen molar-refractivity contribution >= 4 is 72.8 Å². The largest absolute Gasteiger partial charge is 0.354 e. The highest BCUT2D eigenvalue weighted by atomic mass is 32.1. The lowest BCUT2D eigenvalue weighted by atomic mass is 10.0. The molecular formula is C48H40N4S4. The van der Waals surface area contributed by atoms with Gasteiger partial charge in [-0.25, -0.2) is 0 Å². The Balaban J connectivity index is 1.43. The number of aromatic amines is 4. The predicted octanol–water partition coefficient (Wildman–Crippen LogP) is 8.02. The van der Waals surface area contributed by atoms with Crippen molar-refractivity contribution in [1.82, 2.24) is 19.9 Å². The lowest BCUT2D eigenvalue weighted by Crippen LogP contribution is -2.19. The molecule has 4 aromatic carbocycles. The van der Waals surface area contributed by atoms with Crippen LogP contribution in [0.2, 0.25) is 0 Å². The highest BCUT2D eigenvalue weighted by Gasteiger charge is 2.19. The molecule has 0 radical (unpaired) electrons. The molecule has 0 fully saturated rings. The predicted molar refractivity (Wildman–Crippen MR) is 245 cm³/mol. The number of benzene rings is 4. The average Bonchev–Trinajstić information content (AvgIpc) is 4.09. The number of H-pyrrole nitrogens is 4. The third-order valence-electron chi connectivity index (χ3n) is 10.5. The van der Waals surface area contributed by atoms with Crippen LogP contribution >= 0.6 is 50.5 Å². The zero-order chi connectivity index (χ0) is 38.2. The molecule has 0 amide bonds. The van der Waals surface area contributed by atoms with Crippen LogP contribution in [-0.2, 0) is 23.0 Å². The van der Waals surface area contributed by atoms with Crippen LogP contribution in [0.5, 0.6) is 0 Å². The zero-order valence-electron chi connectivity index (χ0n) is 30.5. The molecule has 4 aromatic heterocycles. The average molecular weight is 801 g/mol. The van der Waals surface area contributed by atoms with Crippen molar-refractivity contribution in [2.45, 2.75) is 23.0 Å². The second kappa shape index (κ2) is 15.8. The second-order valence-electron chi connectivity index (χ2n) is 14.1. The maximum absolute atomic E-state index is 4.64. The molecule has 276 valence electrons. The topological polar surface area (TPSA) is 63.2 Å². The quantitative estimate of drug-likeness (QED) is 0.0719. The molecule has 1 aliphatic rings. The van der Waals surface area contributed by atoms with Crippen molar-refractivity contribution in [3.63, 3.8) is 0 Å². The van der Waals surface area contributed by atoms with Gasteiger partial charge >= 0.3 is 0 Å². The minimum absolute atomic E-state index is 0.647. The number of thiol groups is 4. The highest BCUT2D eigenvalue weighted by molar-refractivity contribution is 7.79. The lowest BCUT2D eigenvalue weighted by molar-refractivity contribution is 1.18. The maximum atomic E-state index is 4.64. The fourth-order valence-electron chi connectivity index (χ4n) is 7.87. The van der Waals surface area contributed by atoms with E-state index in [9.17, 15) is 0 Å². The first-order valence-corrected chi connectivity index (χ1v) is 21.1. The molecule has 0 spiro atoms. The zero-order valence-corrected chi connectivity index (χ0v) is 34.1. The maximum Gasteiger partial charge on any atom is 0.0485 e. The van der Waals surface area contributed by atoms with E-state index in [1.807, 2.05) is 0 Å². The van der Waals surface area contributed by atoms with Crippen LogP contribution in [0.15, 0.2) is 146 Å².